The molecule has 0 atom stereocenters. The summed E-state index contributed by atoms with van der Waals surface area (Å²) < 4.78 is 2.96. The molecule has 0 fully saturated rings. The van der Waals surface area contributed by atoms with Crippen LogP contribution in [0.4, 0.5) is 11.4 Å². The summed E-state index contributed by atoms with van der Waals surface area (Å²) >= 11 is 0. The summed E-state index contributed by atoms with van der Waals surface area (Å²) in [5.74, 6) is 0.221. The van der Waals surface area contributed by atoms with Crippen molar-refractivity contribution in [1.29, 1.82) is 0 Å². The topological polar surface area (TPSA) is 141 Å². The van der Waals surface area contributed by atoms with Crippen molar-refractivity contribution >= 4 is 23.8 Å². The van der Waals surface area contributed by atoms with Gasteiger partial charge in [-0.3, -0.25) is 9.98 Å². The Morgan fingerprint density at radius 3 is 1.28 bits per heavy atom. The molecule has 4 aromatic carbocycles. The van der Waals surface area contributed by atoms with E-state index in [1.54, 1.807) is 62.4 Å². The molecule has 0 unspecified atom stereocenters. The van der Waals surface area contributed by atoms with Gasteiger partial charge in [0.1, 0.15) is 22.9 Å². The quantitative estimate of drug-likeness (QED) is 0.137. The van der Waals surface area contributed by atoms with Gasteiger partial charge in [-0.2, -0.15) is 10.2 Å². The van der Waals surface area contributed by atoms with Gasteiger partial charge >= 0.3 is 0 Å². The standard InChI is InChI=1S/2C18H17N3O2.Co/c2*1-12-6-5-7-14(10-12)21-18(23)15(13(2)20-21)11-19-16-8-3-4-9-17(16)22;/h2*3-11,22-23H,1-2H3;. The Morgan fingerprint density at radius 1 is 0.532 bits per heavy atom. The molecule has 0 saturated heterocycles. The van der Waals surface area contributed by atoms with Crippen LogP contribution < -0.4 is 0 Å². The number of nitrogens with zero attached hydrogens (tertiary/aromatic N) is 6. The van der Waals surface area contributed by atoms with Gasteiger partial charge in [0.25, 0.3) is 0 Å². The van der Waals surface area contributed by atoms with Crippen molar-refractivity contribution in [3.8, 4) is 34.6 Å². The summed E-state index contributed by atoms with van der Waals surface area (Å²) in [4.78, 5) is 8.47. The van der Waals surface area contributed by atoms with E-state index < -0.39 is 0 Å². The van der Waals surface area contributed by atoms with Crippen LogP contribution in [0.2, 0.25) is 0 Å². The SMILES string of the molecule is Cc1cccc(-n2nc(C)c(C=Nc3ccccc3O)c2O)c1.Cc1cccc(-n2nc(C)c(C=Nc3ccccc3O)c2O)c1.[Co]. The van der Waals surface area contributed by atoms with E-state index >= 15 is 0 Å². The van der Waals surface area contributed by atoms with E-state index in [0.29, 0.717) is 33.9 Å². The van der Waals surface area contributed by atoms with Gasteiger partial charge in [-0.25, -0.2) is 9.36 Å². The van der Waals surface area contributed by atoms with Gasteiger partial charge in [0, 0.05) is 29.2 Å². The van der Waals surface area contributed by atoms with Crippen molar-refractivity contribution in [2.24, 2.45) is 9.98 Å². The van der Waals surface area contributed by atoms with E-state index in [2.05, 4.69) is 20.2 Å². The van der Waals surface area contributed by atoms with Crippen LogP contribution in [0.3, 0.4) is 0 Å². The van der Waals surface area contributed by atoms with E-state index in [0.717, 1.165) is 22.5 Å². The Kier molecular flexibility index (Phi) is 11.0. The minimum absolute atomic E-state index is 0. The molecule has 0 aliphatic heterocycles. The summed E-state index contributed by atoms with van der Waals surface area (Å²) in [6, 6.07) is 29.0. The van der Waals surface area contributed by atoms with E-state index in [-0.39, 0.29) is 40.0 Å². The number of aliphatic imine (C=N–C) groups is 2. The van der Waals surface area contributed by atoms with E-state index in [9.17, 15) is 20.4 Å². The number of hydrogen-bond acceptors (Lipinski definition) is 8. The van der Waals surface area contributed by atoms with Crippen LogP contribution >= 0.6 is 0 Å². The normalized spacial score (nSPS) is 11.0. The average molecular weight is 674 g/mol. The fraction of sp³-hybridized carbons (Fsp3) is 0.111. The second-order valence-electron chi connectivity index (χ2n) is 10.6. The van der Waals surface area contributed by atoms with Crippen molar-refractivity contribution in [3.05, 3.63) is 131 Å². The molecule has 4 N–H and O–H groups in total. The smallest absolute Gasteiger partial charge is 0.223 e. The molecule has 0 saturated carbocycles. The predicted molar refractivity (Wildman–Crippen MR) is 180 cm³/mol. The third kappa shape index (κ3) is 7.96. The van der Waals surface area contributed by atoms with Gasteiger partial charge < -0.3 is 20.4 Å². The minimum Gasteiger partial charge on any atom is -0.506 e. The molecule has 0 amide bonds. The largest absolute Gasteiger partial charge is 0.506 e. The number of aromatic nitrogens is 4. The van der Waals surface area contributed by atoms with Crippen molar-refractivity contribution in [1.82, 2.24) is 19.6 Å². The third-order valence-electron chi connectivity index (χ3n) is 7.08. The number of benzene rings is 4. The van der Waals surface area contributed by atoms with Crippen LogP contribution in [0.1, 0.15) is 33.6 Å². The molecule has 0 bridgehead atoms. The van der Waals surface area contributed by atoms with Crippen LogP contribution in [0.25, 0.3) is 11.4 Å². The first-order chi connectivity index (χ1) is 22.1. The molecule has 6 rings (SSSR count). The van der Waals surface area contributed by atoms with E-state index in [1.807, 2.05) is 62.4 Å². The summed E-state index contributed by atoms with van der Waals surface area (Å²) in [6.07, 6.45) is 3.03. The zero-order valence-corrected chi connectivity index (χ0v) is 27.2. The van der Waals surface area contributed by atoms with Crippen LogP contribution in [0.15, 0.2) is 107 Å². The van der Waals surface area contributed by atoms with Crippen molar-refractivity contribution in [3.63, 3.8) is 0 Å². The molecule has 2 heterocycles. The molecule has 1 radical (unpaired) electrons. The van der Waals surface area contributed by atoms with Crippen molar-refractivity contribution in [2.45, 2.75) is 27.7 Å². The summed E-state index contributed by atoms with van der Waals surface area (Å²) in [6.45, 7) is 7.57. The Morgan fingerprint density at radius 2 is 0.915 bits per heavy atom. The van der Waals surface area contributed by atoms with Gasteiger partial charge in [0.2, 0.25) is 11.8 Å². The molecule has 11 heteroatoms. The minimum atomic E-state index is 0. The monoisotopic (exact) mass is 673 g/mol. The number of phenols is 2. The van der Waals surface area contributed by atoms with Crippen LogP contribution in [0, 0.1) is 27.7 Å². The van der Waals surface area contributed by atoms with Gasteiger partial charge in [-0.15, -0.1) is 0 Å². The molecule has 241 valence electrons. The zero-order chi connectivity index (χ0) is 32.8. The van der Waals surface area contributed by atoms with Gasteiger partial charge in [-0.05, 0) is 87.4 Å². The second-order valence-corrected chi connectivity index (χ2v) is 10.6. The predicted octanol–water partition coefficient (Wildman–Crippen LogP) is 7.30. The first kappa shape index (κ1) is 34.2. The number of para-hydroxylation sites is 4. The second kappa shape index (κ2) is 15.1. The molecule has 6 aromatic rings. The van der Waals surface area contributed by atoms with Gasteiger partial charge in [0.15, 0.2) is 0 Å². The number of aryl methyl sites for hydroxylation is 4. The maximum absolute atomic E-state index is 10.4. The molecule has 2 aromatic heterocycles. The Hall–Kier alpha value is -5.65. The molecule has 47 heavy (non-hydrogen) atoms. The van der Waals surface area contributed by atoms with Crippen LogP contribution in [0.5, 0.6) is 23.3 Å². The van der Waals surface area contributed by atoms with Gasteiger partial charge in [0.05, 0.1) is 33.9 Å². The Labute approximate surface area is 282 Å². The number of aromatic hydroxyl groups is 4. The molecular weight excluding hydrogens is 639 g/mol. The Balaban J connectivity index is 0.000000208. The fourth-order valence-corrected chi connectivity index (χ4v) is 4.65. The summed E-state index contributed by atoms with van der Waals surface area (Å²) in [5.41, 5.74) is 6.97. The zero-order valence-electron chi connectivity index (χ0n) is 26.2. The maximum Gasteiger partial charge on any atom is 0.223 e. The Bertz CT molecular complexity index is 1920. The molecule has 0 aliphatic rings. The fourth-order valence-electron chi connectivity index (χ4n) is 4.65. The van der Waals surface area contributed by atoms with Gasteiger partial charge in [-0.1, -0.05) is 48.5 Å². The third-order valence-corrected chi connectivity index (χ3v) is 7.08. The summed E-state index contributed by atoms with van der Waals surface area (Å²) in [5, 5.41) is 49.1. The average Bonchev–Trinajstić information content (AvgIpc) is 3.49. The molecular formula is C36H34CoN6O4. The molecule has 0 aliphatic carbocycles. The number of rotatable bonds is 6. The number of phenolic OH excluding ortho intramolecular Hbond substituents is 2. The first-order valence-corrected chi connectivity index (χ1v) is 14.5. The van der Waals surface area contributed by atoms with Crippen molar-refractivity contribution < 1.29 is 37.2 Å². The van der Waals surface area contributed by atoms with E-state index in [4.69, 9.17) is 0 Å². The maximum atomic E-state index is 10.4. The van der Waals surface area contributed by atoms with E-state index in [1.165, 1.54) is 21.8 Å². The van der Waals surface area contributed by atoms with Crippen LogP contribution in [-0.2, 0) is 16.8 Å². The first-order valence-electron chi connectivity index (χ1n) is 14.5. The molecule has 0 spiro atoms. The van der Waals surface area contributed by atoms with Crippen LogP contribution in [-0.4, -0.2) is 52.4 Å². The number of hydrogen-bond donors (Lipinski definition) is 4. The molecule has 10 nitrogen and oxygen atoms in total. The van der Waals surface area contributed by atoms with Crippen molar-refractivity contribution in [2.75, 3.05) is 0 Å². The summed E-state index contributed by atoms with van der Waals surface area (Å²) in [7, 11) is 0.